The van der Waals surface area contributed by atoms with Crippen LogP contribution in [0.15, 0.2) is 88.6 Å². The topological polar surface area (TPSA) is 73.8 Å². The van der Waals surface area contributed by atoms with Gasteiger partial charge in [0.15, 0.2) is 5.84 Å². The Morgan fingerprint density at radius 2 is 1.90 bits per heavy atom. The van der Waals surface area contributed by atoms with Gasteiger partial charge in [0.2, 0.25) is 5.17 Å². The maximum absolute atomic E-state index is 12.7. The van der Waals surface area contributed by atoms with Gasteiger partial charge in [-0.1, -0.05) is 48.0 Å². The largest absolute Gasteiger partial charge is 0.317 e. The number of nitrogens with one attached hydrogen (secondary N) is 1. The van der Waals surface area contributed by atoms with E-state index in [0.717, 1.165) is 22.0 Å². The second-order valence-electron chi connectivity index (χ2n) is 6.96. The zero-order valence-electron chi connectivity index (χ0n) is 16.2. The van der Waals surface area contributed by atoms with E-state index in [0.29, 0.717) is 16.6 Å². The van der Waals surface area contributed by atoms with Crippen molar-refractivity contribution >= 4 is 51.4 Å². The van der Waals surface area contributed by atoms with E-state index >= 15 is 0 Å². The number of benzene rings is 2. The molecule has 8 heteroatoms. The molecule has 2 aromatic carbocycles. The van der Waals surface area contributed by atoms with Gasteiger partial charge in [-0.3, -0.25) is 10.2 Å². The summed E-state index contributed by atoms with van der Waals surface area (Å²) in [4.78, 5) is 16.9. The molecule has 3 aromatic rings. The average molecular weight is 446 g/mol. The Balaban J connectivity index is 1.45. The summed E-state index contributed by atoms with van der Waals surface area (Å²) in [6.45, 7) is 0. The van der Waals surface area contributed by atoms with Crippen LogP contribution in [0, 0.1) is 5.41 Å². The van der Waals surface area contributed by atoms with Crippen LogP contribution in [0.1, 0.15) is 11.3 Å². The van der Waals surface area contributed by atoms with Gasteiger partial charge in [-0.2, -0.15) is 15.1 Å². The van der Waals surface area contributed by atoms with Crippen LogP contribution in [0.3, 0.4) is 0 Å². The summed E-state index contributed by atoms with van der Waals surface area (Å²) in [7, 11) is 0. The van der Waals surface area contributed by atoms with Gasteiger partial charge in [0.25, 0.3) is 5.91 Å². The molecule has 1 amide bonds. The predicted octanol–water partition coefficient (Wildman–Crippen LogP) is 4.99. The Labute approximate surface area is 188 Å². The number of thioether (sulfide) groups is 1. The molecular formula is C23H16ClN5OS. The van der Waals surface area contributed by atoms with Gasteiger partial charge in [0.05, 0.1) is 5.57 Å². The summed E-state index contributed by atoms with van der Waals surface area (Å²) in [6, 6.07) is 21.1. The number of amidine groups is 2. The first-order valence-corrected chi connectivity index (χ1v) is 10.7. The number of fused-ring (bicyclic) bond motifs is 1. The number of rotatable bonds is 4. The highest BCUT2D eigenvalue weighted by Crippen LogP contribution is 2.30. The molecule has 0 saturated carbocycles. The van der Waals surface area contributed by atoms with E-state index in [4.69, 9.17) is 17.0 Å². The number of nitrogens with zero attached hydrogens (tertiary/aromatic N) is 4. The lowest BCUT2D eigenvalue weighted by atomic mass is 10.1. The van der Waals surface area contributed by atoms with E-state index < -0.39 is 5.91 Å². The van der Waals surface area contributed by atoms with Crippen molar-refractivity contribution in [2.75, 3.05) is 0 Å². The summed E-state index contributed by atoms with van der Waals surface area (Å²) in [5.41, 5.74) is 2.91. The first-order chi connectivity index (χ1) is 15.1. The zero-order valence-corrected chi connectivity index (χ0v) is 17.8. The molecule has 2 aliphatic heterocycles. The Morgan fingerprint density at radius 1 is 1.06 bits per heavy atom. The third-order valence-corrected chi connectivity index (χ3v) is 6.00. The number of amides is 1. The molecule has 6 nitrogen and oxygen atoms in total. The Morgan fingerprint density at radius 3 is 2.71 bits per heavy atom. The van der Waals surface area contributed by atoms with Crippen molar-refractivity contribution in [3.05, 3.63) is 94.8 Å². The minimum absolute atomic E-state index is 0.0180. The lowest BCUT2D eigenvalue weighted by Crippen LogP contribution is -2.35. The summed E-state index contributed by atoms with van der Waals surface area (Å²) in [5.74, 6) is -0.428. The van der Waals surface area contributed by atoms with Crippen molar-refractivity contribution in [1.82, 2.24) is 9.58 Å². The average Bonchev–Trinajstić information content (AvgIpc) is 3.38. The summed E-state index contributed by atoms with van der Waals surface area (Å²) >= 11 is 7.45. The van der Waals surface area contributed by atoms with Crippen LogP contribution < -0.4 is 0 Å². The minimum Gasteiger partial charge on any atom is -0.317 e. The molecule has 0 bridgehead atoms. The smallest absolute Gasteiger partial charge is 0.283 e. The van der Waals surface area contributed by atoms with Gasteiger partial charge in [-0.15, -0.1) is 0 Å². The monoisotopic (exact) mass is 445 g/mol. The molecule has 0 saturated heterocycles. The molecule has 0 atom stereocenters. The molecule has 0 radical (unpaired) electrons. The van der Waals surface area contributed by atoms with E-state index in [1.807, 2.05) is 71.4 Å². The maximum Gasteiger partial charge on any atom is 0.283 e. The van der Waals surface area contributed by atoms with Crippen molar-refractivity contribution in [3.8, 4) is 5.69 Å². The first-order valence-electron chi connectivity index (χ1n) is 9.55. The summed E-state index contributed by atoms with van der Waals surface area (Å²) < 4.78 is 1.90. The van der Waals surface area contributed by atoms with Gasteiger partial charge in [-0.25, -0.2) is 0 Å². The molecule has 5 rings (SSSR count). The number of aliphatic imine (C=N–C) groups is 1. The highest BCUT2D eigenvalue weighted by Gasteiger charge is 2.35. The lowest BCUT2D eigenvalue weighted by Gasteiger charge is -2.20. The number of hydrogen-bond acceptors (Lipinski definition) is 4. The van der Waals surface area contributed by atoms with Gasteiger partial charge >= 0.3 is 0 Å². The first kappa shape index (κ1) is 19.5. The van der Waals surface area contributed by atoms with Crippen LogP contribution in [-0.2, 0) is 11.2 Å². The fourth-order valence-corrected chi connectivity index (χ4v) is 4.50. The van der Waals surface area contributed by atoms with Crippen LogP contribution in [0.4, 0.5) is 0 Å². The van der Waals surface area contributed by atoms with Crippen molar-refractivity contribution in [2.24, 2.45) is 10.1 Å². The van der Waals surface area contributed by atoms with Crippen molar-refractivity contribution < 1.29 is 4.79 Å². The molecule has 2 aliphatic rings. The second kappa shape index (κ2) is 8.02. The Hall–Kier alpha value is -3.42. The van der Waals surface area contributed by atoms with E-state index in [1.165, 1.54) is 16.8 Å². The Bertz CT molecular complexity index is 1290. The number of hydrogen-bond donors (Lipinski definition) is 1. The third-order valence-electron chi connectivity index (χ3n) is 4.85. The van der Waals surface area contributed by atoms with Gasteiger partial charge in [0.1, 0.15) is 5.04 Å². The van der Waals surface area contributed by atoms with Crippen LogP contribution >= 0.6 is 23.4 Å². The van der Waals surface area contributed by atoms with Crippen LogP contribution in [0.2, 0.25) is 5.02 Å². The van der Waals surface area contributed by atoms with Crippen molar-refractivity contribution in [3.63, 3.8) is 0 Å². The van der Waals surface area contributed by atoms with E-state index in [2.05, 4.69) is 10.1 Å². The standard InChI is InChI=1S/C23H16ClN5OS/c24-16-8-4-9-17(13-16)28-11-5-10-18(28)14-19-21(25)29-23(26-22(19)30)31-20(27-29)12-15-6-2-1-3-7-15/h1-11,13-14,25H,12H2/b19-14-,25-21?. The Kier molecular flexibility index (Phi) is 5.05. The number of carbonyl (C=O) groups excluding carboxylic acids is 1. The molecule has 1 N–H and O–H groups in total. The maximum atomic E-state index is 12.7. The fraction of sp³-hybridized carbons (Fsp3) is 0.0435. The minimum atomic E-state index is -0.446. The number of halogens is 1. The van der Waals surface area contributed by atoms with Crippen LogP contribution in [0.25, 0.3) is 11.8 Å². The number of hydrazone groups is 1. The molecule has 3 heterocycles. The van der Waals surface area contributed by atoms with Crippen LogP contribution in [-0.4, -0.2) is 31.5 Å². The molecular weight excluding hydrogens is 430 g/mol. The van der Waals surface area contributed by atoms with Crippen molar-refractivity contribution in [2.45, 2.75) is 6.42 Å². The van der Waals surface area contributed by atoms with Crippen molar-refractivity contribution in [1.29, 1.82) is 5.41 Å². The molecule has 0 fully saturated rings. The quantitative estimate of drug-likeness (QED) is 0.575. The van der Waals surface area contributed by atoms with E-state index in [9.17, 15) is 4.79 Å². The van der Waals surface area contributed by atoms with Gasteiger partial charge < -0.3 is 4.57 Å². The third kappa shape index (κ3) is 3.85. The highest BCUT2D eigenvalue weighted by atomic mass is 35.5. The molecule has 0 aliphatic carbocycles. The molecule has 0 spiro atoms. The highest BCUT2D eigenvalue weighted by molar-refractivity contribution is 8.26. The predicted molar refractivity (Wildman–Crippen MR) is 126 cm³/mol. The van der Waals surface area contributed by atoms with Gasteiger partial charge in [-0.05, 0) is 53.7 Å². The van der Waals surface area contributed by atoms with Crippen LogP contribution in [0.5, 0.6) is 0 Å². The molecule has 31 heavy (non-hydrogen) atoms. The molecule has 152 valence electrons. The lowest BCUT2D eigenvalue weighted by molar-refractivity contribution is -0.114. The zero-order chi connectivity index (χ0) is 21.4. The van der Waals surface area contributed by atoms with E-state index in [1.54, 1.807) is 12.1 Å². The molecule has 0 unspecified atom stereocenters. The fourth-order valence-electron chi connectivity index (χ4n) is 3.39. The normalized spacial score (nSPS) is 17.1. The number of aromatic nitrogens is 1. The number of carbonyl (C=O) groups is 1. The van der Waals surface area contributed by atoms with Gasteiger partial charge in [0, 0.05) is 29.0 Å². The molecule has 1 aromatic heterocycles. The SMILES string of the molecule is N=C1/C(=C/c2cccn2-c2cccc(Cl)c2)C(=O)N=C2SC(Cc3ccccc3)=NN12. The summed E-state index contributed by atoms with van der Waals surface area (Å²) in [6.07, 6.45) is 4.17. The summed E-state index contributed by atoms with van der Waals surface area (Å²) in [5, 5.41) is 16.4. The second-order valence-corrected chi connectivity index (χ2v) is 8.44. The van der Waals surface area contributed by atoms with E-state index in [-0.39, 0.29) is 11.4 Å².